The van der Waals surface area contributed by atoms with Gasteiger partial charge in [-0.3, -0.25) is 14.4 Å². The van der Waals surface area contributed by atoms with E-state index in [0.29, 0.717) is 17.8 Å². The molecule has 1 aromatic carbocycles. The van der Waals surface area contributed by atoms with Crippen molar-refractivity contribution in [2.75, 3.05) is 25.0 Å². The van der Waals surface area contributed by atoms with Crippen molar-refractivity contribution >= 4 is 40.3 Å². The summed E-state index contributed by atoms with van der Waals surface area (Å²) in [6.45, 7) is 4.44. The van der Waals surface area contributed by atoms with Crippen LogP contribution in [0.2, 0.25) is 0 Å². The second-order valence-corrected chi connectivity index (χ2v) is 8.15. The predicted molar refractivity (Wildman–Crippen MR) is 112 cm³/mol. The van der Waals surface area contributed by atoms with E-state index in [1.54, 1.807) is 24.3 Å². The van der Waals surface area contributed by atoms with Crippen LogP contribution < -0.4 is 10.6 Å². The summed E-state index contributed by atoms with van der Waals surface area (Å²) >= 11 is 1.38. The molecule has 150 valence electrons. The number of anilines is 1. The summed E-state index contributed by atoms with van der Waals surface area (Å²) < 4.78 is 0. The summed E-state index contributed by atoms with van der Waals surface area (Å²) in [6.07, 6.45) is 4.36. The highest BCUT2D eigenvalue weighted by molar-refractivity contribution is 8.15. The molecule has 7 nitrogen and oxygen atoms in total. The van der Waals surface area contributed by atoms with Gasteiger partial charge in [0, 0.05) is 37.3 Å². The molecule has 0 radical (unpaired) electrons. The zero-order chi connectivity index (χ0) is 19.9. The lowest BCUT2D eigenvalue weighted by Gasteiger charge is -2.27. The fourth-order valence-electron chi connectivity index (χ4n) is 3.19. The second-order valence-electron chi connectivity index (χ2n) is 6.98. The monoisotopic (exact) mass is 402 g/mol. The van der Waals surface area contributed by atoms with E-state index < -0.39 is 5.25 Å². The molecule has 2 aliphatic heterocycles. The quantitative estimate of drug-likeness (QED) is 0.763. The first kappa shape index (κ1) is 20.4. The van der Waals surface area contributed by atoms with E-state index in [1.165, 1.54) is 18.2 Å². The first-order valence-electron chi connectivity index (χ1n) is 9.79. The largest absolute Gasteiger partial charge is 0.352 e. The fraction of sp³-hybridized carbons (Fsp3) is 0.500. The minimum Gasteiger partial charge on any atom is -0.352 e. The lowest BCUT2D eigenvalue weighted by atomic mass is 10.1. The van der Waals surface area contributed by atoms with Crippen molar-refractivity contribution in [1.82, 2.24) is 10.2 Å². The van der Waals surface area contributed by atoms with Crippen molar-refractivity contribution < 1.29 is 14.4 Å². The number of amidine groups is 1. The molecule has 1 atom stereocenters. The van der Waals surface area contributed by atoms with Gasteiger partial charge in [-0.05, 0) is 43.9 Å². The molecule has 1 aromatic rings. The normalized spacial score (nSPS) is 19.3. The Labute approximate surface area is 169 Å². The van der Waals surface area contributed by atoms with Crippen molar-refractivity contribution in [2.24, 2.45) is 4.99 Å². The maximum Gasteiger partial charge on any atom is 0.262 e. The third-order valence-electron chi connectivity index (χ3n) is 4.67. The molecule has 8 heteroatoms. The Balaban J connectivity index is 1.53. The molecule has 1 saturated heterocycles. The minimum absolute atomic E-state index is 0.0661. The lowest BCUT2D eigenvalue weighted by molar-refractivity contribution is -0.121. The van der Waals surface area contributed by atoms with Gasteiger partial charge in [0.2, 0.25) is 5.91 Å². The molecule has 2 aliphatic rings. The summed E-state index contributed by atoms with van der Waals surface area (Å²) in [7, 11) is 0. The number of nitrogens with zero attached hydrogens (tertiary/aromatic N) is 2. The van der Waals surface area contributed by atoms with Crippen LogP contribution in [0.3, 0.4) is 0 Å². The Hall–Kier alpha value is -2.35. The van der Waals surface area contributed by atoms with Crippen LogP contribution in [0, 0.1) is 0 Å². The zero-order valence-electron chi connectivity index (χ0n) is 16.1. The van der Waals surface area contributed by atoms with E-state index in [-0.39, 0.29) is 24.1 Å². The fourth-order valence-corrected chi connectivity index (χ4v) is 4.31. The number of thioether (sulfide) groups is 1. The van der Waals surface area contributed by atoms with Crippen LogP contribution >= 0.6 is 11.8 Å². The Morgan fingerprint density at radius 1 is 1.25 bits per heavy atom. The van der Waals surface area contributed by atoms with Crippen molar-refractivity contribution in [2.45, 2.75) is 44.3 Å². The number of aliphatic imine (C=N–C) groups is 1. The highest BCUT2D eigenvalue weighted by Crippen LogP contribution is 2.29. The number of benzene rings is 1. The van der Waals surface area contributed by atoms with Crippen LogP contribution in [0.4, 0.5) is 5.69 Å². The zero-order valence-corrected chi connectivity index (χ0v) is 16.9. The van der Waals surface area contributed by atoms with Gasteiger partial charge in [0.25, 0.3) is 11.8 Å². The molecule has 28 heavy (non-hydrogen) atoms. The average Bonchev–Trinajstić information content (AvgIpc) is 3.07. The summed E-state index contributed by atoms with van der Waals surface area (Å²) in [5, 5.41) is 5.86. The van der Waals surface area contributed by atoms with Gasteiger partial charge in [-0.2, -0.15) is 4.99 Å². The van der Waals surface area contributed by atoms with E-state index in [2.05, 4.69) is 20.5 Å². The Bertz CT molecular complexity index is 774. The number of rotatable bonds is 6. The number of amides is 3. The van der Waals surface area contributed by atoms with Crippen LogP contribution in [0.1, 0.15) is 49.4 Å². The predicted octanol–water partition coefficient (Wildman–Crippen LogP) is 2.64. The summed E-state index contributed by atoms with van der Waals surface area (Å²) in [4.78, 5) is 43.0. The number of carbonyl (C=O) groups excluding carboxylic acids is 3. The molecular formula is C20H26N4O3S. The van der Waals surface area contributed by atoms with Crippen molar-refractivity contribution in [3.8, 4) is 0 Å². The maximum atomic E-state index is 12.4. The lowest BCUT2D eigenvalue weighted by Crippen LogP contribution is -2.33. The van der Waals surface area contributed by atoms with Crippen LogP contribution in [-0.4, -0.2) is 52.7 Å². The van der Waals surface area contributed by atoms with Crippen LogP contribution in [0.5, 0.6) is 0 Å². The Kier molecular flexibility index (Phi) is 7.08. The van der Waals surface area contributed by atoms with Crippen LogP contribution in [0.15, 0.2) is 29.3 Å². The molecule has 0 aliphatic carbocycles. The third kappa shape index (κ3) is 5.34. The van der Waals surface area contributed by atoms with Gasteiger partial charge in [0.1, 0.15) is 5.25 Å². The SMILES string of the molecule is CCCNC(=O)c1cccc(NC(=O)CC2SC(N3CCCCC3)=NC2=O)c1. The van der Waals surface area contributed by atoms with Crippen molar-refractivity contribution in [3.63, 3.8) is 0 Å². The van der Waals surface area contributed by atoms with Crippen molar-refractivity contribution in [3.05, 3.63) is 29.8 Å². The van der Waals surface area contributed by atoms with Gasteiger partial charge < -0.3 is 15.5 Å². The van der Waals surface area contributed by atoms with Gasteiger partial charge in [0.15, 0.2) is 5.17 Å². The summed E-state index contributed by atoms with van der Waals surface area (Å²) in [5.74, 6) is -0.667. The molecule has 3 rings (SSSR count). The number of nitrogens with one attached hydrogen (secondary N) is 2. The third-order valence-corrected chi connectivity index (χ3v) is 5.88. The summed E-state index contributed by atoms with van der Waals surface area (Å²) in [5.41, 5.74) is 1.04. The topological polar surface area (TPSA) is 90.9 Å². The standard InChI is InChI=1S/C20H26N4O3S/c1-2-9-21-18(26)14-7-6-8-15(12-14)22-17(25)13-16-19(27)23-20(28-16)24-10-4-3-5-11-24/h6-8,12,16H,2-5,9-11,13H2,1H3,(H,21,26)(H,22,25). The number of piperidine rings is 1. The maximum absolute atomic E-state index is 12.4. The molecule has 0 spiro atoms. The Morgan fingerprint density at radius 2 is 2.04 bits per heavy atom. The number of hydrogen-bond acceptors (Lipinski definition) is 5. The molecule has 1 fully saturated rings. The van der Waals surface area contributed by atoms with E-state index in [4.69, 9.17) is 0 Å². The van der Waals surface area contributed by atoms with E-state index >= 15 is 0 Å². The molecule has 2 heterocycles. The minimum atomic E-state index is -0.479. The highest BCUT2D eigenvalue weighted by Gasteiger charge is 2.33. The second kappa shape index (κ2) is 9.73. The van der Waals surface area contributed by atoms with Gasteiger partial charge in [-0.1, -0.05) is 24.8 Å². The molecule has 2 N–H and O–H groups in total. The molecule has 0 saturated carbocycles. The van der Waals surface area contributed by atoms with Gasteiger partial charge in [-0.15, -0.1) is 0 Å². The van der Waals surface area contributed by atoms with Crippen LogP contribution in [-0.2, 0) is 9.59 Å². The smallest absolute Gasteiger partial charge is 0.262 e. The molecule has 3 amide bonds. The van der Waals surface area contributed by atoms with Gasteiger partial charge in [-0.25, -0.2) is 0 Å². The van der Waals surface area contributed by atoms with Gasteiger partial charge >= 0.3 is 0 Å². The van der Waals surface area contributed by atoms with Crippen molar-refractivity contribution in [1.29, 1.82) is 0 Å². The number of likely N-dealkylation sites (tertiary alicyclic amines) is 1. The van der Waals surface area contributed by atoms with E-state index in [9.17, 15) is 14.4 Å². The molecular weight excluding hydrogens is 376 g/mol. The molecule has 0 aromatic heterocycles. The van der Waals surface area contributed by atoms with E-state index in [1.807, 2.05) is 6.92 Å². The number of carbonyl (C=O) groups is 3. The first-order chi connectivity index (χ1) is 13.6. The Morgan fingerprint density at radius 3 is 2.79 bits per heavy atom. The molecule has 1 unspecified atom stereocenters. The summed E-state index contributed by atoms with van der Waals surface area (Å²) in [6, 6.07) is 6.80. The van der Waals surface area contributed by atoms with Crippen LogP contribution in [0.25, 0.3) is 0 Å². The van der Waals surface area contributed by atoms with E-state index in [0.717, 1.165) is 37.5 Å². The van der Waals surface area contributed by atoms with Gasteiger partial charge in [0.05, 0.1) is 0 Å². The number of hydrogen-bond donors (Lipinski definition) is 2. The average molecular weight is 403 g/mol. The highest BCUT2D eigenvalue weighted by atomic mass is 32.2. The molecule has 0 bridgehead atoms. The first-order valence-corrected chi connectivity index (χ1v) is 10.7.